The maximum absolute atomic E-state index is 12.8. The number of piperazine rings is 1. The summed E-state index contributed by atoms with van der Waals surface area (Å²) in [6.07, 6.45) is -2.12. The van der Waals surface area contributed by atoms with E-state index in [4.69, 9.17) is 0 Å². The van der Waals surface area contributed by atoms with Crippen LogP contribution in [0.25, 0.3) is 0 Å². The monoisotopic (exact) mass is 496 g/mol. The van der Waals surface area contributed by atoms with Gasteiger partial charge in [-0.3, -0.25) is 0 Å². The second-order valence-corrected chi connectivity index (χ2v) is 10.4. The lowest BCUT2D eigenvalue weighted by atomic mass is 10.2. The number of nitrogens with zero attached hydrogens (tertiary/aromatic N) is 3. The first kappa shape index (κ1) is 24.3. The van der Waals surface area contributed by atoms with E-state index in [1.165, 1.54) is 27.7 Å². The molecule has 2 fully saturated rings. The highest BCUT2D eigenvalue weighted by molar-refractivity contribution is 7.89. The van der Waals surface area contributed by atoms with Gasteiger partial charge in [-0.25, -0.2) is 13.2 Å². The molecule has 2 heterocycles. The fourth-order valence-corrected chi connectivity index (χ4v) is 5.61. The van der Waals surface area contributed by atoms with Crippen molar-refractivity contribution in [3.05, 3.63) is 59.7 Å². The van der Waals surface area contributed by atoms with E-state index in [0.29, 0.717) is 6.54 Å². The predicted octanol–water partition coefficient (Wildman–Crippen LogP) is 3.52. The molecule has 0 spiro atoms. The quantitative estimate of drug-likeness (QED) is 0.688. The maximum Gasteiger partial charge on any atom is 0.416 e. The van der Waals surface area contributed by atoms with Crippen molar-refractivity contribution in [2.24, 2.45) is 0 Å². The summed E-state index contributed by atoms with van der Waals surface area (Å²) in [7, 11) is -3.94. The van der Waals surface area contributed by atoms with Crippen LogP contribution in [0.15, 0.2) is 53.4 Å². The number of carbonyl (C=O) groups excluding carboxylic acids is 1. The number of sulfonamides is 1. The molecule has 1 N–H and O–H groups in total. The van der Waals surface area contributed by atoms with Crippen molar-refractivity contribution in [1.82, 2.24) is 14.5 Å². The number of alkyl halides is 3. The summed E-state index contributed by atoms with van der Waals surface area (Å²) in [5.41, 5.74) is 1.25. The lowest BCUT2D eigenvalue weighted by Crippen LogP contribution is -2.52. The summed E-state index contributed by atoms with van der Waals surface area (Å²) in [6, 6.07) is 11.2. The first-order valence-corrected chi connectivity index (χ1v) is 12.6. The number of anilines is 1. The normalized spacial score (nSPS) is 17.7. The van der Waals surface area contributed by atoms with Crippen molar-refractivity contribution in [3.8, 4) is 0 Å². The molecule has 184 valence electrons. The topological polar surface area (TPSA) is 73.0 Å². The Morgan fingerprint density at radius 3 is 2.00 bits per heavy atom. The highest BCUT2D eigenvalue weighted by Crippen LogP contribution is 2.30. The first-order chi connectivity index (χ1) is 16.1. The van der Waals surface area contributed by atoms with E-state index in [0.717, 1.165) is 42.9 Å². The van der Waals surface area contributed by atoms with Crippen molar-refractivity contribution in [3.63, 3.8) is 0 Å². The van der Waals surface area contributed by atoms with E-state index in [1.54, 1.807) is 0 Å². The average molecular weight is 497 g/mol. The fraction of sp³-hybridized carbons (Fsp3) is 0.435. The Labute approximate surface area is 197 Å². The number of urea groups is 1. The minimum Gasteiger partial charge on any atom is -0.372 e. The summed E-state index contributed by atoms with van der Waals surface area (Å²) < 4.78 is 65.0. The van der Waals surface area contributed by atoms with E-state index in [9.17, 15) is 26.4 Å². The number of halogens is 3. The number of carbonyl (C=O) groups is 1. The van der Waals surface area contributed by atoms with Crippen molar-refractivity contribution < 1.29 is 26.4 Å². The number of nitrogens with one attached hydrogen (secondary N) is 1. The van der Waals surface area contributed by atoms with Crippen molar-refractivity contribution in [2.45, 2.75) is 30.5 Å². The molecule has 2 amide bonds. The van der Waals surface area contributed by atoms with Gasteiger partial charge in [-0.15, -0.1) is 0 Å². The SMILES string of the molecule is O=C(NCc1ccc(N2CCCC2)cc1)N1CCN(S(=O)(=O)c2ccc(C(F)(F)F)cc2)CC1. The van der Waals surface area contributed by atoms with Gasteiger partial charge in [-0.2, -0.15) is 17.5 Å². The van der Waals surface area contributed by atoms with Crippen LogP contribution >= 0.6 is 0 Å². The van der Waals surface area contributed by atoms with Crippen LogP contribution < -0.4 is 10.2 Å². The van der Waals surface area contributed by atoms with Gasteiger partial charge >= 0.3 is 12.2 Å². The van der Waals surface area contributed by atoms with Gasteiger partial charge in [-0.05, 0) is 54.8 Å². The van der Waals surface area contributed by atoms with Crippen molar-refractivity contribution in [1.29, 1.82) is 0 Å². The standard InChI is InChI=1S/C23H27F3N4O3S/c24-23(25,26)19-5-9-21(10-6-19)34(32,33)30-15-13-29(14-16-30)22(31)27-17-18-3-7-20(8-4-18)28-11-1-2-12-28/h3-10H,1-2,11-17H2,(H,27,31). The van der Waals surface area contributed by atoms with Crippen molar-refractivity contribution in [2.75, 3.05) is 44.2 Å². The molecule has 0 atom stereocenters. The molecule has 0 aliphatic carbocycles. The highest BCUT2D eigenvalue weighted by atomic mass is 32.2. The van der Waals surface area contributed by atoms with Gasteiger partial charge in [0, 0.05) is 51.5 Å². The van der Waals surface area contributed by atoms with Crippen LogP contribution in [0.4, 0.5) is 23.7 Å². The lowest BCUT2D eigenvalue weighted by Gasteiger charge is -2.34. The zero-order valence-corrected chi connectivity index (χ0v) is 19.4. The maximum atomic E-state index is 12.8. The number of amides is 2. The van der Waals surface area contributed by atoms with E-state index < -0.39 is 21.8 Å². The molecular formula is C23H27F3N4O3S. The molecule has 2 saturated heterocycles. The Balaban J connectivity index is 1.27. The first-order valence-electron chi connectivity index (χ1n) is 11.2. The summed E-state index contributed by atoms with van der Waals surface area (Å²) >= 11 is 0. The zero-order chi connectivity index (χ0) is 24.3. The molecule has 0 unspecified atom stereocenters. The van der Waals surface area contributed by atoms with Crippen molar-refractivity contribution >= 4 is 21.7 Å². The molecule has 7 nitrogen and oxygen atoms in total. The van der Waals surface area contributed by atoms with Crippen LogP contribution in [-0.4, -0.2) is 62.9 Å². The van der Waals surface area contributed by atoms with E-state index >= 15 is 0 Å². The molecule has 2 aromatic rings. The molecule has 0 radical (unpaired) electrons. The number of hydrogen-bond acceptors (Lipinski definition) is 4. The zero-order valence-electron chi connectivity index (χ0n) is 18.6. The molecule has 2 aromatic carbocycles. The molecule has 4 rings (SSSR count). The van der Waals surface area contributed by atoms with Gasteiger partial charge in [0.25, 0.3) is 0 Å². The van der Waals surface area contributed by atoms with E-state index in [-0.39, 0.29) is 37.1 Å². The second-order valence-electron chi connectivity index (χ2n) is 8.43. The fourth-order valence-electron chi connectivity index (χ4n) is 4.19. The molecule has 0 bridgehead atoms. The molecule has 34 heavy (non-hydrogen) atoms. The third kappa shape index (κ3) is 5.47. The Kier molecular flexibility index (Phi) is 7.04. The molecule has 0 saturated carbocycles. The Morgan fingerprint density at radius 1 is 0.853 bits per heavy atom. The molecular weight excluding hydrogens is 469 g/mol. The van der Waals surface area contributed by atoms with E-state index in [2.05, 4.69) is 22.3 Å². The van der Waals surface area contributed by atoms with Crippen LogP contribution in [0.2, 0.25) is 0 Å². The number of rotatable bonds is 5. The minimum atomic E-state index is -4.53. The van der Waals surface area contributed by atoms with Crippen LogP contribution in [0.1, 0.15) is 24.0 Å². The Morgan fingerprint density at radius 2 is 1.44 bits per heavy atom. The molecule has 11 heteroatoms. The van der Waals surface area contributed by atoms with Crippen LogP contribution in [0.5, 0.6) is 0 Å². The highest BCUT2D eigenvalue weighted by Gasteiger charge is 2.33. The van der Waals surface area contributed by atoms with Crippen LogP contribution in [0, 0.1) is 0 Å². The number of benzene rings is 2. The Hall–Kier alpha value is -2.79. The van der Waals surface area contributed by atoms with Crippen LogP contribution in [0.3, 0.4) is 0 Å². The predicted molar refractivity (Wildman–Crippen MR) is 122 cm³/mol. The number of hydrogen-bond donors (Lipinski definition) is 1. The molecule has 2 aliphatic heterocycles. The minimum absolute atomic E-state index is 0.0707. The second kappa shape index (κ2) is 9.83. The van der Waals surface area contributed by atoms with Gasteiger partial charge in [0.15, 0.2) is 0 Å². The third-order valence-corrected chi connectivity index (χ3v) is 8.11. The van der Waals surface area contributed by atoms with Crippen LogP contribution in [-0.2, 0) is 22.7 Å². The lowest BCUT2D eigenvalue weighted by molar-refractivity contribution is -0.137. The smallest absolute Gasteiger partial charge is 0.372 e. The van der Waals surface area contributed by atoms with E-state index in [1.807, 2.05) is 12.1 Å². The largest absolute Gasteiger partial charge is 0.416 e. The summed E-state index contributed by atoms with van der Waals surface area (Å²) in [4.78, 5) is 16.2. The van der Waals surface area contributed by atoms with Gasteiger partial charge in [0.2, 0.25) is 10.0 Å². The average Bonchev–Trinajstić information content (AvgIpc) is 3.37. The molecule has 0 aromatic heterocycles. The summed E-state index contributed by atoms with van der Waals surface area (Å²) in [6.45, 7) is 3.03. The third-order valence-electron chi connectivity index (χ3n) is 6.20. The summed E-state index contributed by atoms with van der Waals surface area (Å²) in [5, 5.41) is 2.86. The van der Waals surface area contributed by atoms with Gasteiger partial charge in [-0.1, -0.05) is 12.1 Å². The molecule has 2 aliphatic rings. The summed E-state index contributed by atoms with van der Waals surface area (Å²) in [5.74, 6) is 0. The van der Waals surface area contributed by atoms with Gasteiger partial charge in [0.1, 0.15) is 0 Å². The van der Waals surface area contributed by atoms with Gasteiger partial charge < -0.3 is 15.1 Å². The van der Waals surface area contributed by atoms with Gasteiger partial charge in [0.05, 0.1) is 10.5 Å². The Bertz CT molecular complexity index is 1090.